The number of benzene rings is 1. The van der Waals surface area contributed by atoms with E-state index in [1.54, 1.807) is 4.90 Å². The molecule has 20 heavy (non-hydrogen) atoms. The number of non-ortho nitro benzene ring substituents is 1. The summed E-state index contributed by atoms with van der Waals surface area (Å²) < 4.78 is 5.09. The first kappa shape index (κ1) is 13.8. The molecule has 2 rings (SSSR count). The molecule has 1 unspecified atom stereocenters. The van der Waals surface area contributed by atoms with Crippen LogP contribution in [0.25, 0.3) is 0 Å². The molecule has 1 aromatic rings. The second-order valence-electron chi connectivity index (χ2n) is 4.21. The molecule has 8 nitrogen and oxygen atoms in total. The zero-order chi connectivity index (χ0) is 14.7. The van der Waals surface area contributed by atoms with Gasteiger partial charge in [0.15, 0.2) is 6.10 Å². The van der Waals surface area contributed by atoms with Crippen LogP contribution in [0.3, 0.4) is 0 Å². The summed E-state index contributed by atoms with van der Waals surface area (Å²) in [6.07, 6.45) is -0.967. The zero-order valence-electron chi connectivity index (χ0n) is 10.4. The molecule has 0 radical (unpaired) electrons. The number of hydrogen-bond donors (Lipinski definition) is 1. The van der Waals surface area contributed by atoms with Crippen molar-refractivity contribution in [2.24, 2.45) is 0 Å². The number of nitro groups is 1. The SMILES string of the molecule is N#Cc1cc([N+](=O)[O-])ccc1N1CCOC(C(=O)O)C1. The Balaban J connectivity index is 2.30. The Hall–Kier alpha value is -2.66. The van der Waals surface area contributed by atoms with Gasteiger partial charge in [-0.05, 0) is 6.07 Å². The van der Waals surface area contributed by atoms with E-state index < -0.39 is 17.0 Å². The molecule has 1 heterocycles. The topological polar surface area (TPSA) is 117 Å². The standard InChI is InChI=1S/C12H11N3O5/c13-6-8-5-9(15(18)19)1-2-10(8)14-3-4-20-11(7-14)12(16)17/h1-2,5,11H,3-4,7H2,(H,16,17). The first-order valence-electron chi connectivity index (χ1n) is 5.81. The van der Waals surface area contributed by atoms with E-state index in [0.29, 0.717) is 12.2 Å². The molecule has 0 aliphatic carbocycles. The van der Waals surface area contributed by atoms with Crippen LogP contribution in [0.15, 0.2) is 18.2 Å². The van der Waals surface area contributed by atoms with Crippen molar-refractivity contribution < 1.29 is 19.6 Å². The van der Waals surface area contributed by atoms with Crippen LogP contribution in [-0.4, -0.2) is 41.8 Å². The van der Waals surface area contributed by atoms with E-state index >= 15 is 0 Å². The van der Waals surface area contributed by atoms with Gasteiger partial charge in [0, 0.05) is 18.7 Å². The molecule has 0 aromatic heterocycles. The number of carbonyl (C=O) groups is 1. The highest BCUT2D eigenvalue weighted by molar-refractivity contribution is 5.74. The molecule has 0 bridgehead atoms. The summed E-state index contributed by atoms with van der Waals surface area (Å²) in [5, 5.41) is 28.7. The van der Waals surface area contributed by atoms with E-state index in [0.717, 1.165) is 0 Å². The molecule has 0 amide bonds. The van der Waals surface area contributed by atoms with Crippen molar-refractivity contribution in [3.8, 4) is 6.07 Å². The van der Waals surface area contributed by atoms with Crippen molar-refractivity contribution in [2.75, 3.05) is 24.6 Å². The van der Waals surface area contributed by atoms with Gasteiger partial charge in [0.25, 0.3) is 5.69 Å². The first-order valence-corrected chi connectivity index (χ1v) is 5.81. The van der Waals surface area contributed by atoms with E-state index in [1.165, 1.54) is 18.2 Å². The van der Waals surface area contributed by atoms with E-state index in [1.807, 2.05) is 6.07 Å². The van der Waals surface area contributed by atoms with Gasteiger partial charge in [0.2, 0.25) is 0 Å². The summed E-state index contributed by atoms with van der Waals surface area (Å²) in [4.78, 5) is 22.7. The van der Waals surface area contributed by atoms with Gasteiger partial charge in [-0.1, -0.05) is 0 Å². The number of nitriles is 1. The fourth-order valence-electron chi connectivity index (χ4n) is 2.02. The highest BCUT2D eigenvalue weighted by Crippen LogP contribution is 2.26. The number of nitro benzene ring substituents is 1. The molecule has 1 aliphatic rings. The maximum Gasteiger partial charge on any atom is 0.334 e. The highest BCUT2D eigenvalue weighted by Gasteiger charge is 2.28. The molecule has 8 heteroatoms. The predicted octanol–water partition coefficient (Wildman–Crippen LogP) is 0.756. The number of nitrogens with zero attached hydrogens (tertiary/aromatic N) is 3. The predicted molar refractivity (Wildman–Crippen MR) is 67.4 cm³/mol. The third kappa shape index (κ3) is 2.67. The Morgan fingerprint density at radius 3 is 2.95 bits per heavy atom. The second-order valence-corrected chi connectivity index (χ2v) is 4.21. The molecular weight excluding hydrogens is 266 g/mol. The number of hydrogen-bond acceptors (Lipinski definition) is 6. The molecule has 1 fully saturated rings. The minimum absolute atomic E-state index is 0.0990. The van der Waals surface area contributed by atoms with Crippen molar-refractivity contribution in [1.29, 1.82) is 5.26 Å². The lowest BCUT2D eigenvalue weighted by atomic mass is 10.1. The van der Waals surface area contributed by atoms with Gasteiger partial charge in [-0.15, -0.1) is 0 Å². The normalized spacial score (nSPS) is 18.4. The lowest BCUT2D eigenvalue weighted by Crippen LogP contribution is -2.46. The van der Waals surface area contributed by atoms with Crippen molar-refractivity contribution in [2.45, 2.75) is 6.10 Å². The fourth-order valence-corrected chi connectivity index (χ4v) is 2.02. The summed E-state index contributed by atoms with van der Waals surface area (Å²) >= 11 is 0. The second kappa shape index (κ2) is 5.54. The fraction of sp³-hybridized carbons (Fsp3) is 0.333. The van der Waals surface area contributed by atoms with Crippen LogP contribution in [-0.2, 0) is 9.53 Å². The number of anilines is 1. The summed E-state index contributed by atoms with van der Waals surface area (Å²) in [6.45, 7) is 0.747. The summed E-state index contributed by atoms with van der Waals surface area (Å²) in [5.74, 6) is -1.07. The van der Waals surface area contributed by atoms with Crippen molar-refractivity contribution in [1.82, 2.24) is 0 Å². The van der Waals surface area contributed by atoms with Crippen LogP contribution in [0.4, 0.5) is 11.4 Å². The Bertz CT molecular complexity index is 595. The quantitative estimate of drug-likeness (QED) is 0.640. The molecule has 1 aromatic carbocycles. The van der Waals surface area contributed by atoms with Crippen molar-refractivity contribution in [3.63, 3.8) is 0 Å². The molecular formula is C12H11N3O5. The zero-order valence-corrected chi connectivity index (χ0v) is 10.4. The van der Waals surface area contributed by atoms with Gasteiger partial charge < -0.3 is 14.7 Å². The monoisotopic (exact) mass is 277 g/mol. The van der Waals surface area contributed by atoms with Crippen LogP contribution >= 0.6 is 0 Å². The number of morpholine rings is 1. The van der Waals surface area contributed by atoms with Crippen LogP contribution in [0.5, 0.6) is 0 Å². The molecule has 1 N–H and O–H groups in total. The average Bonchev–Trinajstić information content (AvgIpc) is 2.46. The van der Waals surface area contributed by atoms with Crippen LogP contribution in [0.1, 0.15) is 5.56 Å². The molecule has 0 spiro atoms. The lowest BCUT2D eigenvalue weighted by molar-refractivity contribution is -0.384. The van der Waals surface area contributed by atoms with E-state index in [9.17, 15) is 14.9 Å². The molecule has 1 saturated heterocycles. The number of ether oxygens (including phenoxy) is 1. The maximum absolute atomic E-state index is 10.9. The smallest absolute Gasteiger partial charge is 0.334 e. The third-order valence-corrected chi connectivity index (χ3v) is 2.99. The summed E-state index contributed by atoms with van der Waals surface area (Å²) in [5.41, 5.74) is 0.450. The lowest BCUT2D eigenvalue weighted by Gasteiger charge is -2.32. The Labute approximate surface area is 113 Å². The van der Waals surface area contributed by atoms with Gasteiger partial charge in [0.1, 0.15) is 6.07 Å². The number of carboxylic acid groups (broad SMARTS) is 1. The van der Waals surface area contributed by atoms with Gasteiger partial charge in [-0.3, -0.25) is 10.1 Å². The number of rotatable bonds is 3. The van der Waals surface area contributed by atoms with E-state index in [-0.39, 0.29) is 24.4 Å². The van der Waals surface area contributed by atoms with E-state index in [2.05, 4.69) is 0 Å². The Morgan fingerprint density at radius 1 is 1.60 bits per heavy atom. The minimum Gasteiger partial charge on any atom is -0.479 e. The van der Waals surface area contributed by atoms with Crippen LogP contribution in [0, 0.1) is 21.4 Å². The first-order chi connectivity index (χ1) is 9.52. The molecule has 0 saturated carbocycles. The van der Waals surface area contributed by atoms with Gasteiger partial charge in [-0.25, -0.2) is 4.79 Å². The summed E-state index contributed by atoms with van der Waals surface area (Å²) in [6, 6.07) is 5.83. The largest absolute Gasteiger partial charge is 0.479 e. The Morgan fingerprint density at radius 2 is 2.35 bits per heavy atom. The molecule has 1 atom stereocenters. The van der Waals surface area contributed by atoms with Crippen LogP contribution in [0.2, 0.25) is 0 Å². The highest BCUT2D eigenvalue weighted by atomic mass is 16.6. The third-order valence-electron chi connectivity index (χ3n) is 2.99. The summed E-state index contributed by atoms with van der Waals surface area (Å²) in [7, 11) is 0. The molecule has 104 valence electrons. The Kier molecular flexibility index (Phi) is 3.81. The number of carboxylic acids is 1. The maximum atomic E-state index is 10.9. The van der Waals surface area contributed by atoms with Gasteiger partial charge >= 0.3 is 5.97 Å². The average molecular weight is 277 g/mol. The van der Waals surface area contributed by atoms with Gasteiger partial charge in [-0.2, -0.15) is 5.26 Å². The molecule has 1 aliphatic heterocycles. The van der Waals surface area contributed by atoms with Gasteiger partial charge in [0.05, 0.1) is 29.3 Å². The van der Waals surface area contributed by atoms with Crippen molar-refractivity contribution in [3.05, 3.63) is 33.9 Å². The van der Waals surface area contributed by atoms with E-state index in [4.69, 9.17) is 15.1 Å². The van der Waals surface area contributed by atoms with Crippen molar-refractivity contribution >= 4 is 17.3 Å². The van der Waals surface area contributed by atoms with Crippen LogP contribution < -0.4 is 4.90 Å². The number of aliphatic carboxylic acids is 1. The minimum atomic E-state index is -1.07.